The van der Waals surface area contributed by atoms with Crippen molar-refractivity contribution in [2.24, 2.45) is 0 Å². The first kappa shape index (κ1) is 15.9. The van der Waals surface area contributed by atoms with Gasteiger partial charge < -0.3 is 15.0 Å². The van der Waals surface area contributed by atoms with Crippen molar-refractivity contribution in [3.63, 3.8) is 0 Å². The summed E-state index contributed by atoms with van der Waals surface area (Å²) in [6.07, 6.45) is 4.82. The van der Waals surface area contributed by atoms with Crippen molar-refractivity contribution in [1.82, 2.24) is 34.8 Å². The molecule has 1 N–H and O–H groups in total. The normalized spacial score (nSPS) is 11.0. The summed E-state index contributed by atoms with van der Waals surface area (Å²) in [5.74, 6) is 1.07. The van der Waals surface area contributed by atoms with E-state index in [4.69, 9.17) is 4.74 Å². The van der Waals surface area contributed by atoms with Gasteiger partial charge in [-0.15, -0.1) is 0 Å². The van der Waals surface area contributed by atoms with Gasteiger partial charge >= 0.3 is 6.01 Å². The maximum Gasteiger partial charge on any atom is 0.316 e. The fraction of sp³-hybridized carbons (Fsp3) is 0.333. The lowest BCUT2D eigenvalue weighted by molar-refractivity contribution is 0.380. The van der Waals surface area contributed by atoms with Crippen LogP contribution in [0.5, 0.6) is 6.01 Å². The van der Waals surface area contributed by atoms with Crippen LogP contribution in [0.4, 0.5) is 5.82 Å². The Morgan fingerprint density at radius 1 is 1.04 bits per heavy atom. The van der Waals surface area contributed by atoms with Gasteiger partial charge in [-0.25, -0.2) is 24.9 Å². The van der Waals surface area contributed by atoms with E-state index < -0.39 is 0 Å². The molecule has 3 aromatic rings. The number of ether oxygens (including phenoxy) is 1. The fourth-order valence-electron chi connectivity index (χ4n) is 2.06. The van der Waals surface area contributed by atoms with Crippen molar-refractivity contribution in [1.29, 1.82) is 0 Å². The van der Waals surface area contributed by atoms with Crippen LogP contribution in [-0.4, -0.2) is 69.1 Å². The van der Waals surface area contributed by atoms with E-state index in [1.54, 1.807) is 24.7 Å². The molecule has 0 atom stereocenters. The Hall–Kier alpha value is -2.94. The summed E-state index contributed by atoms with van der Waals surface area (Å²) >= 11 is 0. The van der Waals surface area contributed by atoms with E-state index in [1.807, 2.05) is 14.1 Å². The second-order valence-electron chi connectivity index (χ2n) is 5.28. The van der Waals surface area contributed by atoms with Crippen LogP contribution in [0, 0.1) is 0 Å². The molecule has 0 spiro atoms. The van der Waals surface area contributed by atoms with E-state index in [1.165, 1.54) is 7.11 Å². The van der Waals surface area contributed by atoms with Crippen LogP contribution in [0.25, 0.3) is 22.7 Å². The van der Waals surface area contributed by atoms with Crippen molar-refractivity contribution in [2.45, 2.75) is 0 Å². The molecule has 0 aliphatic heterocycles. The van der Waals surface area contributed by atoms with E-state index >= 15 is 0 Å². The summed E-state index contributed by atoms with van der Waals surface area (Å²) < 4.78 is 5.06. The number of methoxy groups -OCH3 is 1. The first-order valence-electron chi connectivity index (χ1n) is 7.42. The molecule has 3 heterocycles. The van der Waals surface area contributed by atoms with E-state index in [2.05, 4.69) is 40.1 Å². The predicted molar refractivity (Wildman–Crippen MR) is 89.7 cm³/mol. The highest BCUT2D eigenvalue weighted by Crippen LogP contribution is 2.21. The smallest absolute Gasteiger partial charge is 0.316 e. The largest absolute Gasteiger partial charge is 0.467 e. The SMILES string of the molecule is COc1nccc(-c2nc(NCCN(C)C)c3nccnc3n2)n1. The third-order valence-electron chi connectivity index (χ3n) is 3.23. The van der Waals surface area contributed by atoms with Crippen LogP contribution < -0.4 is 10.1 Å². The summed E-state index contributed by atoms with van der Waals surface area (Å²) in [7, 11) is 5.54. The summed E-state index contributed by atoms with van der Waals surface area (Å²) in [6, 6.07) is 1.99. The molecule has 124 valence electrons. The Labute approximate surface area is 139 Å². The van der Waals surface area contributed by atoms with Gasteiger partial charge in [-0.1, -0.05) is 0 Å². The van der Waals surface area contributed by atoms with Gasteiger partial charge in [0.25, 0.3) is 0 Å². The molecule has 0 aromatic carbocycles. The van der Waals surface area contributed by atoms with Crippen LogP contribution in [0.3, 0.4) is 0 Å². The average molecular weight is 326 g/mol. The molecule has 24 heavy (non-hydrogen) atoms. The van der Waals surface area contributed by atoms with Crippen LogP contribution >= 0.6 is 0 Å². The number of nitrogens with zero attached hydrogens (tertiary/aromatic N) is 7. The second kappa shape index (κ2) is 7.09. The Morgan fingerprint density at radius 3 is 2.67 bits per heavy atom. The molecule has 0 aliphatic carbocycles. The average Bonchev–Trinajstić information content (AvgIpc) is 2.61. The molecular weight excluding hydrogens is 308 g/mol. The number of aromatic nitrogens is 6. The lowest BCUT2D eigenvalue weighted by Gasteiger charge is -2.12. The first-order chi connectivity index (χ1) is 11.7. The minimum absolute atomic E-state index is 0.262. The van der Waals surface area contributed by atoms with E-state index in [0.29, 0.717) is 28.5 Å². The van der Waals surface area contributed by atoms with Crippen molar-refractivity contribution < 1.29 is 4.74 Å². The molecular formula is C15H18N8O. The van der Waals surface area contributed by atoms with Crippen molar-refractivity contribution in [2.75, 3.05) is 39.6 Å². The summed E-state index contributed by atoms with van der Waals surface area (Å²) in [5.41, 5.74) is 1.69. The number of nitrogens with one attached hydrogen (secondary N) is 1. The zero-order valence-electron chi connectivity index (χ0n) is 13.8. The van der Waals surface area contributed by atoms with Crippen LogP contribution in [0.15, 0.2) is 24.7 Å². The van der Waals surface area contributed by atoms with Gasteiger partial charge in [0.15, 0.2) is 17.3 Å². The molecule has 0 unspecified atom stereocenters. The highest BCUT2D eigenvalue weighted by atomic mass is 16.5. The zero-order valence-corrected chi connectivity index (χ0v) is 13.8. The standard InChI is InChI=1S/C15H18N8O/c1-23(2)9-8-18-14-11-13(17-7-6-16-11)21-12(22-14)10-4-5-19-15(20-10)24-3/h4-7H,8-9H2,1-3H3,(H,17,18,21,22). The molecule has 0 saturated carbocycles. The summed E-state index contributed by atoms with van der Waals surface area (Å²) in [5, 5.41) is 3.29. The van der Waals surface area contributed by atoms with Gasteiger partial charge in [0.05, 0.1) is 7.11 Å². The van der Waals surface area contributed by atoms with Gasteiger partial charge in [-0.3, -0.25) is 0 Å². The number of rotatable bonds is 6. The summed E-state index contributed by atoms with van der Waals surface area (Å²) in [4.78, 5) is 28.0. The Kier molecular flexibility index (Phi) is 4.71. The van der Waals surface area contributed by atoms with E-state index in [0.717, 1.165) is 13.1 Å². The van der Waals surface area contributed by atoms with Crippen LogP contribution in [-0.2, 0) is 0 Å². The molecule has 0 fully saturated rings. The zero-order chi connectivity index (χ0) is 16.9. The second-order valence-corrected chi connectivity index (χ2v) is 5.28. The maximum absolute atomic E-state index is 5.06. The number of hydrogen-bond acceptors (Lipinski definition) is 9. The van der Waals surface area contributed by atoms with Crippen molar-refractivity contribution in [3.8, 4) is 17.5 Å². The molecule has 9 heteroatoms. The lowest BCUT2D eigenvalue weighted by Crippen LogP contribution is -2.21. The number of anilines is 1. The third-order valence-corrected chi connectivity index (χ3v) is 3.23. The van der Waals surface area contributed by atoms with Crippen LogP contribution in [0.2, 0.25) is 0 Å². The van der Waals surface area contributed by atoms with Gasteiger partial charge in [0.2, 0.25) is 0 Å². The molecule has 3 rings (SSSR count). The van der Waals surface area contributed by atoms with Crippen molar-refractivity contribution >= 4 is 17.0 Å². The molecule has 0 bridgehead atoms. The van der Waals surface area contributed by atoms with Crippen LogP contribution in [0.1, 0.15) is 0 Å². The fourth-order valence-corrected chi connectivity index (χ4v) is 2.06. The molecule has 9 nitrogen and oxygen atoms in total. The number of fused-ring (bicyclic) bond motifs is 1. The Morgan fingerprint density at radius 2 is 1.88 bits per heavy atom. The minimum atomic E-state index is 0.262. The molecule has 0 amide bonds. The van der Waals surface area contributed by atoms with Gasteiger partial charge in [0.1, 0.15) is 11.2 Å². The summed E-state index contributed by atoms with van der Waals surface area (Å²) in [6.45, 7) is 1.59. The Bertz CT molecular complexity index is 839. The van der Waals surface area contributed by atoms with Gasteiger partial charge in [-0.05, 0) is 20.2 Å². The quantitative estimate of drug-likeness (QED) is 0.706. The lowest BCUT2D eigenvalue weighted by atomic mass is 10.3. The first-order valence-corrected chi connectivity index (χ1v) is 7.42. The highest BCUT2D eigenvalue weighted by Gasteiger charge is 2.13. The number of hydrogen-bond donors (Lipinski definition) is 1. The molecule has 3 aromatic heterocycles. The molecule has 0 radical (unpaired) electrons. The van der Waals surface area contributed by atoms with Crippen molar-refractivity contribution in [3.05, 3.63) is 24.7 Å². The van der Waals surface area contributed by atoms with Gasteiger partial charge in [-0.2, -0.15) is 4.98 Å². The van der Waals surface area contributed by atoms with E-state index in [-0.39, 0.29) is 6.01 Å². The van der Waals surface area contributed by atoms with E-state index in [9.17, 15) is 0 Å². The molecule has 0 saturated heterocycles. The van der Waals surface area contributed by atoms with Gasteiger partial charge in [0, 0.05) is 31.7 Å². The monoisotopic (exact) mass is 326 g/mol. The number of likely N-dealkylation sites (N-methyl/N-ethyl adjacent to an activating group) is 1. The third kappa shape index (κ3) is 3.51. The predicted octanol–water partition coefficient (Wildman–Crippen LogP) is 0.859. The maximum atomic E-state index is 5.06. The topological polar surface area (TPSA) is 102 Å². The molecule has 0 aliphatic rings. The highest BCUT2D eigenvalue weighted by molar-refractivity contribution is 5.83. The minimum Gasteiger partial charge on any atom is -0.467 e. The Balaban J connectivity index is 2.02.